The highest BCUT2D eigenvalue weighted by Gasteiger charge is 2.40. The van der Waals surface area contributed by atoms with E-state index in [1.165, 1.54) is 0 Å². The zero-order chi connectivity index (χ0) is 20.4. The molecule has 0 radical (unpaired) electrons. The summed E-state index contributed by atoms with van der Waals surface area (Å²) in [5.41, 5.74) is 0. The summed E-state index contributed by atoms with van der Waals surface area (Å²) >= 11 is 0. The maximum Gasteiger partial charge on any atom is 0.303 e. The predicted octanol–water partition coefficient (Wildman–Crippen LogP) is 3.52. The topological polar surface area (TPSA) is 87.0 Å². The van der Waals surface area contributed by atoms with E-state index in [0.29, 0.717) is 25.0 Å². The average molecular weight is 392 g/mol. The van der Waals surface area contributed by atoms with E-state index in [1.807, 2.05) is 30.4 Å². The Hall–Kier alpha value is -2.18. The number of para-hydroxylation sites is 1. The van der Waals surface area contributed by atoms with Gasteiger partial charge in [0.2, 0.25) is 0 Å². The lowest BCUT2D eigenvalue weighted by Gasteiger charge is -2.19. The first-order chi connectivity index (χ1) is 13.5. The summed E-state index contributed by atoms with van der Waals surface area (Å²) in [4.78, 5) is 10.5. The molecule has 1 aliphatic carbocycles. The smallest absolute Gasteiger partial charge is 0.303 e. The van der Waals surface area contributed by atoms with Crippen molar-refractivity contribution in [1.29, 1.82) is 0 Å². The monoisotopic (exact) mass is 392 g/mol. The SMILES string of the molecule is O=C(O)CCC/C=C\C[C@@H]1[C@@H](/C=C/[C@@H](O)COc2ccccc2)[C@H](O)C[C@H]1F. The first-order valence-corrected chi connectivity index (χ1v) is 9.70. The minimum Gasteiger partial charge on any atom is -0.491 e. The molecule has 3 N–H and O–H groups in total. The van der Waals surface area contributed by atoms with Gasteiger partial charge in [0, 0.05) is 24.7 Å². The van der Waals surface area contributed by atoms with Gasteiger partial charge in [0.25, 0.3) is 0 Å². The van der Waals surface area contributed by atoms with E-state index in [4.69, 9.17) is 9.84 Å². The van der Waals surface area contributed by atoms with Gasteiger partial charge in [0.1, 0.15) is 24.6 Å². The van der Waals surface area contributed by atoms with Crippen LogP contribution in [0.3, 0.4) is 0 Å². The van der Waals surface area contributed by atoms with Crippen molar-refractivity contribution in [2.45, 2.75) is 50.5 Å². The molecule has 6 heteroatoms. The molecule has 1 aliphatic rings. The van der Waals surface area contributed by atoms with Crippen LogP contribution >= 0.6 is 0 Å². The lowest BCUT2D eigenvalue weighted by molar-refractivity contribution is -0.137. The molecule has 0 spiro atoms. The van der Waals surface area contributed by atoms with Gasteiger partial charge in [-0.3, -0.25) is 4.79 Å². The van der Waals surface area contributed by atoms with E-state index in [9.17, 15) is 19.4 Å². The molecule has 0 saturated heterocycles. The number of aliphatic hydroxyl groups is 2. The van der Waals surface area contributed by atoms with Crippen molar-refractivity contribution in [3.63, 3.8) is 0 Å². The maximum atomic E-state index is 14.3. The van der Waals surface area contributed by atoms with Gasteiger partial charge < -0.3 is 20.1 Å². The summed E-state index contributed by atoms with van der Waals surface area (Å²) in [5.74, 6) is -0.893. The number of rotatable bonds is 11. The summed E-state index contributed by atoms with van der Waals surface area (Å²) < 4.78 is 19.8. The van der Waals surface area contributed by atoms with Crippen LogP contribution in [0.4, 0.5) is 4.39 Å². The minimum atomic E-state index is -1.11. The van der Waals surface area contributed by atoms with Crippen LogP contribution in [0.25, 0.3) is 0 Å². The molecular weight excluding hydrogens is 363 g/mol. The fourth-order valence-electron chi connectivity index (χ4n) is 3.42. The summed E-state index contributed by atoms with van der Waals surface area (Å²) in [6.07, 6.45) is 6.08. The van der Waals surface area contributed by atoms with Gasteiger partial charge in [-0.1, -0.05) is 42.5 Å². The molecule has 28 heavy (non-hydrogen) atoms. The molecule has 1 aromatic carbocycles. The van der Waals surface area contributed by atoms with E-state index in [2.05, 4.69) is 0 Å². The van der Waals surface area contributed by atoms with Crippen LogP contribution in [-0.4, -0.2) is 46.3 Å². The quantitative estimate of drug-likeness (QED) is 0.396. The molecule has 5 nitrogen and oxygen atoms in total. The number of hydrogen-bond acceptors (Lipinski definition) is 4. The standard InChI is InChI=1S/C22H29FO5/c23-20-14-21(25)19(18(20)10-6-1-2-7-11-22(26)27)13-12-16(24)15-28-17-8-4-3-5-9-17/h1,3-6,8-9,12-13,16,18-21,24-25H,2,7,10-11,14-15H2,(H,26,27)/b6-1-,13-12+/t16-,18-,19-,20-,21-/m1/s1. The van der Waals surface area contributed by atoms with E-state index >= 15 is 0 Å². The number of unbranched alkanes of at least 4 members (excludes halogenated alkanes) is 1. The second kappa shape index (κ2) is 11.6. The van der Waals surface area contributed by atoms with Crippen molar-refractivity contribution in [1.82, 2.24) is 0 Å². The third kappa shape index (κ3) is 7.44. The van der Waals surface area contributed by atoms with Crippen LogP contribution in [0.5, 0.6) is 5.75 Å². The number of halogens is 1. The summed E-state index contributed by atoms with van der Waals surface area (Å²) in [6, 6.07) is 9.15. The molecule has 0 aliphatic heterocycles. The van der Waals surface area contributed by atoms with Crippen molar-refractivity contribution >= 4 is 5.97 Å². The fourth-order valence-corrected chi connectivity index (χ4v) is 3.42. The highest BCUT2D eigenvalue weighted by Crippen LogP contribution is 2.38. The third-order valence-electron chi connectivity index (χ3n) is 4.93. The molecule has 1 saturated carbocycles. The van der Waals surface area contributed by atoms with Crippen molar-refractivity contribution in [2.75, 3.05) is 6.61 Å². The van der Waals surface area contributed by atoms with Crippen LogP contribution < -0.4 is 4.74 Å². The summed E-state index contributed by atoms with van der Waals surface area (Å²) in [6.45, 7) is 0.0799. The number of allylic oxidation sites excluding steroid dienone is 2. The molecule has 1 aromatic rings. The highest BCUT2D eigenvalue weighted by molar-refractivity contribution is 5.66. The Labute approximate surface area is 165 Å². The molecule has 2 rings (SSSR count). The molecule has 0 bridgehead atoms. The Kier molecular flexibility index (Phi) is 9.17. The predicted molar refractivity (Wildman–Crippen MR) is 105 cm³/mol. The molecule has 154 valence electrons. The maximum absolute atomic E-state index is 14.3. The van der Waals surface area contributed by atoms with Gasteiger partial charge in [-0.2, -0.15) is 0 Å². The third-order valence-corrected chi connectivity index (χ3v) is 4.93. The van der Waals surface area contributed by atoms with Crippen molar-refractivity contribution in [2.24, 2.45) is 11.8 Å². The summed E-state index contributed by atoms with van der Waals surface area (Å²) in [5, 5.41) is 28.8. The van der Waals surface area contributed by atoms with E-state index in [1.54, 1.807) is 24.3 Å². The van der Waals surface area contributed by atoms with Gasteiger partial charge in [-0.05, 0) is 31.4 Å². The average Bonchev–Trinajstić information content (AvgIpc) is 2.94. The van der Waals surface area contributed by atoms with E-state index in [-0.39, 0.29) is 31.3 Å². The molecule has 5 atom stereocenters. The number of alkyl halides is 1. The Bertz CT molecular complexity index is 646. The number of benzene rings is 1. The van der Waals surface area contributed by atoms with Crippen molar-refractivity contribution in [3.05, 3.63) is 54.6 Å². The van der Waals surface area contributed by atoms with Crippen LogP contribution in [0.1, 0.15) is 32.1 Å². The zero-order valence-electron chi connectivity index (χ0n) is 15.9. The number of ether oxygens (including phenoxy) is 1. The first kappa shape index (κ1) is 22.1. The highest BCUT2D eigenvalue weighted by atomic mass is 19.1. The number of aliphatic carboxylic acids is 1. The van der Waals surface area contributed by atoms with Crippen LogP contribution in [0.2, 0.25) is 0 Å². The van der Waals surface area contributed by atoms with Gasteiger partial charge in [0.15, 0.2) is 0 Å². The van der Waals surface area contributed by atoms with Gasteiger partial charge in [-0.25, -0.2) is 4.39 Å². The van der Waals surface area contributed by atoms with Crippen molar-refractivity contribution in [3.8, 4) is 5.75 Å². The van der Waals surface area contributed by atoms with E-state index in [0.717, 1.165) is 0 Å². The van der Waals surface area contributed by atoms with Crippen LogP contribution in [-0.2, 0) is 4.79 Å². The lowest BCUT2D eigenvalue weighted by atomic mass is 9.90. The number of hydrogen-bond donors (Lipinski definition) is 3. The summed E-state index contributed by atoms with van der Waals surface area (Å²) in [7, 11) is 0. The normalized spacial score (nSPS) is 26.1. The zero-order valence-corrected chi connectivity index (χ0v) is 15.9. The Morgan fingerprint density at radius 1 is 1.29 bits per heavy atom. The van der Waals surface area contributed by atoms with Gasteiger partial charge in [0.05, 0.1) is 6.10 Å². The molecular formula is C22H29FO5. The van der Waals surface area contributed by atoms with Gasteiger partial charge >= 0.3 is 5.97 Å². The van der Waals surface area contributed by atoms with Crippen molar-refractivity contribution < 1.29 is 29.2 Å². The molecule has 0 amide bonds. The molecule has 0 aromatic heterocycles. The number of aliphatic hydroxyl groups excluding tert-OH is 2. The largest absolute Gasteiger partial charge is 0.491 e. The molecule has 0 heterocycles. The molecule has 0 unspecified atom stereocenters. The Balaban J connectivity index is 1.82. The number of carboxylic acids is 1. The fraction of sp³-hybridized carbons (Fsp3) is 0.500. The second-order valence-corrected chi connectivity index (χ2v) is 7.13. The second-order valence-electron chi connectivity index (χ2n) is 7.13. The Morgan fingerprint density at radius 2 is 2.04 bits per heavy atom. The van der Waals surface area contributed by atoms with Gasteiger partial charge in [-0.15, -0.1) is 0 Å². The number of carbonyl (C=O) groups is 1. The van der Waals surface area contributed by atoms with Crippen LogP contribution in [0.15, 0.2) is 54.6 Å². The van der Waals surface area contributed by atoms with E-state index < -0.39 is 24.3 Å². The first-order valence-electron chi connectivity index (χ1n) is 9.70. The lowest BCUT2D eigenvalue weighted by Crippen LogP contribution is -2.20. The van der Waals surface area contributed by atoms with Crippen LogP contribution in [0, 0.1) is 11.8 Å². The Morgan fingerprint density at radius 3 is 2.75 bits per heavy atom. The minimum absolute atomic E-state index is 0.0799. The number of carboxylic acid groups (broad SMARTS) is 1. The molecule has 1 fully saturated rings.